The molecule has 1 aliphatic rings. The molecule has 7 heteroatoms. The highest BCUT2D eigenvalue weighted by Gasteiger charge is 2.22. The lowest BCUT2D eigenvalue weighted by molar-refractivity contribution is -0.117. The van der Waals surface area contributed by atoms with Crippen LogP contribution in [0.4, 0.5) is 11.4 Å². The number of ether oxygens (including phenoxy) is 1. The Labute approximate surface area is 163 Å². The molecule has 1 heterocycles. The monoisotopic (exact) mass is 381 g/mol. The molecule has 0 aromatic heterocycles. The molecule has 3 amide bonds. The molecule has 1 aliphatic heterocycles. The molecular formula is C21H23N3O4. The third kappa shape index (κ3) is 4.49. The van der Waals surface area contributed by atoms with E-state index in [9.17, 15) is 14.4 Å². The molecule has 7 nitrogen and oxygen atoms in total. The number of benzene rings is 2. The predicted molar refractivity (Wildman–Crippen MR) is 107 cm³/mol. The van der Waals surface area contributed by atoms with Gasteiger partial charge in [-0.2, -0.15) is 0 Å². The number of likely N-dealkylation sites (N-methyl/N-ethyl adjacent to an activating group) is 1. The summed E-state index contributed by atoms with van der Waals surface area (Å²) >= 11 is 0. The summed E-state index contributed by atoms with van der Waals surface area (Å²) in [6.45, 7) is 0.624. The Balaban J connectivity index is 1.59. The fraction of sp³-hybridized carbons (Fsp3) is 0.286. The minimum Gasteiger partial charge on any atom is -0.497 e. The maximum atomic E-state index is 12.6. The molecule has 28 heavy (non-hydrogen) atoms. The van der Waals surface area contributed by atoms with Crippen molar-refractivity contribution in [1.29, 1.82) is 0 Å². The first-order valence-corrected chi connectivity index (χ1v) is 9.08. The van der Waals surface area contributed by atoms with Crippen LogP contribution in [0.1, 0.15) is 23.2 Å². The predicted octanol–water partition coefficient (Wildman–Crippen LogP) is 2.53. The Bertz CT molecular complexity index is 879. The van der Waals surface area contributed by atoms with Gasteiger partial charge in [-0.3, -0.25) is 14.4 Å². The Morgan fingerprint density at radius 1 is 1.18 bits per heavy atom. The van der Waals surface area contributed by atoms with Gasteiger partial charge in [0.15, 0.2) is 0 Å². The third-order valence-electron chi connectivity index (χ3n) is 4.58. The average molecular weight is 381 g/mol. The topological polar surface area (TPSA) is 79.0 Å². The van der Waals surface area contributed by atoms with Crippen molar-refractivity contribution in [3.63, 3.8) is 0 Å². The summed E-state index contributed by atoms with van der Waals surface area (Å²) in [5.41, 5.74) is 1.86. The molecule has 0 spiro atoms. The minimum atomic E-state index is -0.302. The van der Waals surface area contributed by atoms with E-state index in [4.69, 9.17) is 4.74 Å². The van der Waals surface area contributed by atoms with Crippen molar-refractivity contribution in [1.82, 2.24) is 4.90 Å². The lowest BCUT2D eigenvalue weighted by Crippen LogP contribution is -2.35. The van der Waals surface area contributed by atoms with E-state index in [1.165, 1.54) is 4.90 Å². The zero-order valence-electron chi connectivity index (χ0n) is 16.0. The van der Waals surface area contributed by atoms with E-state index in [-0.39, 0.29) is 24.3 Å². The van der Waals surface area contributed by atoms with Gasteiger partial charge in [0.1, 0.15) is 5.75 Å². The van der Waals surface area contributed by atoms with Crippen molar-refractivity contribution in [2.75, 3.05) is 37.5 Å². The molecule has 3 rings (SSSR count). The summed E-state index contributed by atoms with van der Waals surface area (Å²) < 4.78 is 5.13. The van der Waals surface area contributed by atoms with Crippen LogP contribution in [-0.2, 0) is 9.59 Å². The molecule has 146 valence electrons. The van der Waals surface area contributed by atoms with Crippen LogP contribution < -0.4 is 15.0 Å². The highest BCUT2D eigenvalue weighted by molar-refractivity contribution is 6.00. The van der Waals surface area contributed by atoms with E-state index in [2.05, 4.69) is 5.32 Å². The molecule has 1 saturated heterocycles. The van der Waals surface area contributed by atoms with Gasteiger partial charge in [-0.05, 0) is 42.8 Å². The molecule has 1 fully saturated rings. The van der Waals surface area contributed by atoms with Crippen LogP contribution in [0.15, 0.2) is 48.5 Å². The van der Waals surface area contributed by atoms with Gasteiger partial charge in [-0.25, -0.2) is 0 Å². The van der Waals surface area contributed by atoms with E-state index in [0.29, 0.717) is 30.0 Å². The van der Waals surface area contributed by atoms with E-state index in [0.717, 1.165) is 12.1 Å². The van der Waals surface area contributed by atoms with Crippen LogP contribution in [0.25, 0.3) is 0 Å². The lowest BCUT2D eigenvalue weighted by Gasteiger charge is -2.19. The first kappa shape index (κ1) is 19.4. The van der Waals surface area contributed by atoms with Crippen molar-refractivity contribution in [2.45, 2.75) is 12.8 Å². The summed E-state index contributed by atoms with van der Waals surface area (Å²) in [7, 11) is 3.13. The summed E-state index contributed by atoms with van der Waals surface area (Å²) in [6.07, 6.45) is 1.41. The molecule has 1 N–H and O–H groups in total. The van der Waals surface area contributed by atoms with Crippen LogP contribution in [0.2, 0.25) is 0 Å². The number of amides is 3. The molecule has 2 aromatic carbocycles. The number of nitrogens with one attached hydrogen (secondary N) is 1. The van der Waals surface area contributed by atoms with E-state index in [1.54, 1.807) is 67.6 Å². The first-order valence-electron chi connectivity index (χ1n) is 9.08. The molecule has 0 unspecified atom stereocenters. The van der Waals surface area contributed by atoms with E-state index < -0.39 is 0 Å². The number of methoxy groups -OCH3 is 1. The quantitative estimate of drug-likeness (QED) is 0.834. The second kappa shape index (κ2) is 8.56. The average Bonchev–Trinajstić information content (AvgIpc) is 3.13. The maximum absolute atomic E-state index is 12.6. The fourth-order valence-corrected chi connectivity index (χ4v) is 3.11. The largest absolute Gasteiger partial charge is 0.497 e. The second-order valence-electron chi connectivity index (χ2n) is 6.64. The Morgan fingerprint density at radius 3 is 2.57 bits per heavy atom. The molecular weight excluding hydrogens is 358 g/mol. The van der Waals surface area contributed by atoms with Gasteiger partial charge in [-0.15, -0.1) is 0 Å². The van der Waals surface area contributed by atoms with Gasteiger partial charge in [0.05, 0.1) is 13.7 Å². The van der Waals surface area contributed by atoms with Gasteiger partial charge in [0.2, 0.25) is 11.8 Å². The fourth-order valence-electron chi connectivity index (χ4n) is 3.11. The van der Waals surface area contributed by atoms with Crippen LogP contribution in [0.3, 0.4) is 0 Å². The van der Waals surface area contributed by atoms with Crippen LogP contribution in [0.5, 0.6) is 5.75 Å². The summed E-state index contributed by atoms with van der Waals surface area (Å²) in [6, 6.07) is 13.9. The van der Waals surface area contributed by atoms with Gasteiger partial charge >= 0.3 is 0 Å². The highest BCUT2D eigenvalue weighted by atomic mass is 16.5. The zero-order chi connectivity index (χ0) is 20.1. The highest BCUT2D eigenvalue weighted by Crippen LogP contribution is 2.22. The summed E-state index contributed by atoms with van der Waals surface area (Å²) in [5, 5.41) is 2.75. The first-order chi connectivity index (χ1) is 13.5. The summed E-state index contributed by atoms with van der Waals surface area (Å²) in [4.78, 5) is 39.7. The third-order valence-corrected chi connectivity index (χ3v) is 4.58. The molecule has 0 aliphatic carbocycles. The Morgan fingerprint density at radius 2 is 1.93 bits per heavy atom. The van der Waals surface area contributed by atoms with Crippen molar-refractivity contribution in [3.8, 4) is 5.75 Å². The number of hydrogen-bond donors (Lipinski definition) is 1. The minimum absolute atomic E-state index is 0.0809. The number of nitrogens with zero attached hydrogens (tertiary/aromatic N) is 2. The number of carbonyl (C=O) groups excluding carboxylic acids is 3. The van der Waals surface area contributed by atoms with Gasteiger partial charge < -0.3 is 19.9 Å². The number of rotatable bonds is 6. The molecule has 2 aromatic rings. The number of carbonyl (C=O) groups is 3. The Kier molecular flexibility index (Phi) is 5.93. The molecule has 0 radical (unpaired) electrons. The zero-order valence-corrected chi connectivity index (χ0v) is 16.0. The molecule has 0 atom stereocenters. The van der Waals surface area contributed by atoms with Crippen molar-refractivity contribution < 1.29 is 19.1 Å². The van der Waals surface area contributed by atoms with Crippen LogP contribution >= 0.6 is 0 Å². The number of anilines is 2. The van der Waals surface area contributed by atoms with Crippen LogP contribution in [-0.4, -0.2) is 49.9 Å². The standard InChI is InChI=1S/C21H23N3O4/c1-23(14-19(25)22-16-5-3-6-18(13-16)28-2)21(27)15-8-10-17(11-9-15)24-12-4-7-20(24)26/h3,5-6,8-11,13H,4,7,12,14H2,1-2H3,(H,22,25). The van der Waals surface area contributed by atoms with Gasteiger partial charge in [-0.1, -0.05) is 6.07 Å². The SMILES string of the molecule is COc1cccc(NC(=O)CN(C)C(=O)c2ccc(N3CCCC3=O)cc2)c1. The van der Waals surface area contributed by atoms with Crippen molar-refractivity contribution in [3.05, 3.63) is 54.1 Å². The maximum Gasteiger partial charge on any atom is 0.254 e. The van der Waals surface area contributed by atoms with E-state index >= 15 is 0 Å². The Hall–Kier alpha value is -3.35. The normalized spacial score (nSPS) is 13.4. The number of hydrogen-bond acceptors (Lipinski definition) is 4. The summed E-state index contributed by atoms with van der Waals surface area (Å²) in [5.74, 6) is 0.174. The molecule has 0 saturated carbocycles. The smallest absolute Gasteiger partial charge is 0.254 e. The van der Waals surface area contributed by atoms with Crippen molar-refractivity contribution >= 4 is 29.1 Å². The molecule has 0 bridgehead atoms. The van der Waals surface area contributed by atoms with Crippen molar-refractivity contribution in [2.24, 2.45) is 0 Å². The van der Waals surface area contributed by atoms with Gasteiger partial charge in [0, 0.05) is 43.0 Å². The van der Waals surface area contributed by atoms with Crippen LogP contribution in [0, 0.1) is 0 Å². The second-order valence-corrected chi connectivity index (χ2v) is 6.64. The van der Waals surface area contributed by atoms with E-state index in [1.807, 2.05) is 0 Å². The lowest BCUT2D eigenvalue weighted by atomic mass is 10.1. The van der Waals surface area contributed by atoms with Gasteiger partial charge in [0.25, 0.3) is 5.91 Å².